The number of esters is 1. The molecule has 15 heavy (non-hydrogen) atoms. The van der Waals surface area contributed by atoms with Crippen LogP contribution in [-0.4, -0.2) is 29.8 Å². The molecular weight excluding hydrogens is 196 g/mol. The predicted molar refractivity (Wildman–Crippen MR) is 57.7 cm³/mol. The summed E-state index contributed by atoms with van der Waals surface area (Å²) in [5.41, 5.74) is 5.84. The number of nitrogens with two attached hydrogens (primary N) is 1. The highest BCUT2D eigenvalue weighted by Gasteiger charge is 2.18. The normalized spacial score (nSPS) is 10.0. The molecule has 0 aliphatic carbocycles. The number of aromatic nitrogens is 2. The van der Waals surface area contributed by atoms with Crippen LogP contribution in [0.25, 0.3) is 0 Å². The number of H-pyrrole nitrogens is 1. The molecule has 1 aromatic rings. The minimum atomic E-state index is -0.486. The first-order chi connectivity index (χ1) is 7.20. The van der Waals surface area contributed by atoms with Gasteiger partial charge in [-0.25, -0.2) is 4.79 Å². The highest BCUT2D eigenvalue weighted by Crippen LogP contribution is 2.19. The Labute approximate surface area is 88.2 Å². The van der Waals surface area contributed by atoms with E-state index in [0.717, 1.165) is 19.4 Å². The van der Waals surface area contributed by atoms with Crippen molar-refractivity contribution in [1.29, 1.82) is 0 Å². The number of unbranched alkanes of at least 4 members (excludes halogenated alkanes) is 1. The molecule has 6 heteroatoms. The van der Waals surface area contributed by atoms with Crippen LogP contribution in [0.5, 0.6) is 0 Å². The second kappa shape index (κ2) is 5.23. The molecule has 84 valence electrons. The average Bonchev–Trinajstić information content (AvgIpc) is 2.59. The Hall–Kier alpha value is -1.72. The monoisotopic (exact) mass is 212 g/mol. The highest BCUT2D eigenvalue weighted by atomic mass is 16.5. The number of anilines is 2. The standard InChI is InChI=1S/C9H16N4O2/c1-3-4-5-11-8-6(9(14)15-2)7(10)12-13-8/h3-5H2,1-2H3,(H4,10,11,12,13). The Balaban J connectivity index is 2.75. The molecule has 0 fully saturated rings. The van der Waals surface area contributed by atoms with E-state index in [-0.39, 0.29) is 11.4 Å². The molecule has 0 bridgehead atoms. The molecule has 0 amide bonds. The summed E-state index contributed by atoms with van der Waals surface area (Å²) in [6.45, 7) is 2.84. The van der Waals surface area contributed by atoms with Crippen molar-refractivity contribution in [3.8, 4) is 0 Å². The van der Waals surface area contributed by atoms with Gasteiger partial charge in [0.05, 0.1) is 7.11 Å². The third-order valence-electron chi connectivity index (χ3n) is 2.01. The molecule has 6 nitrogen and oxygen atoms in total. The first-order valence-electron chi connectivity index (χ1n) is 4.86. The van der Waals surface area contributed by atoms with Crippen LogP contribution >= 0.6 is 0 Å². The van der Waals surface area contributed by atoms with Crippen molar-refractivity contribution in [2.24, 2.45) is 0 Å². The zero-order valence-corrected chi connectivity index (χ0v) is 8.96. The molecule has 4 N–H and O–H groups in total. The summed E-state index contributed by atoms with van der Waals surface area (Å²) in [6.07, 6.45) is 2.08. The number of nitrogens with zero attached hydrogens (tertiary/aromatic N) is 1. The van der Waals surface area contributed by atoms with Crippen molar-refractivity contribution in [2.75, 3.05) is 24.7 Å². The molecule has 0 spiro atoms. The van der Waals surface area contributed by atoms with Gasteiger partial charge in [-0.05, 0) is 6.42 Å². The van der Waals surface area contributed by atoms with Crippen molar-refractivity contribution >= 4 is 17.6 Å². The molecule has 0 aliphatic rings. The van der Waals surface area contributed by atoms with Gasteiger partial charge in [-0.2, -0.15) is 5.10 Å². The summed E-state index contributed by atoms with van der Waals surface area (Å²) in [7, 11) is 1.31. The van der Waals surface area contributed by atoms with Gasteiger partial charge in [0.25, 0.3) is 0 Å². The van der Waals surface area contributed by atoms with E-state index in [4.69, 9.17) is 5.73 Å². The van der Waals surface area contributed by atoms with Crippen molar-refractivity contribution in [1.82, 2.24) is 10.2 Å². The molecule has 0 aliphatic heterocycles. The van der Waals surface area contributed by atoms with Crippen LogP contribution in [0, 0.1) is 0 Å². The number of nitrogen functional groups attached to an aromatic ring is 1. The van der Waals surface area contributed by atoms with E-state index in [9.17, 15) is 4.79 Å². The number of carbonyl (C=O) groups is 1. The van der Waals surface area contributed by atoms with E-state index >= 15 is 0 Å². The number of aromatic amines is 1. The van der Waals surface area contributed by atoms with Crippen LogP contribution in [0.1, 0.15) is 30.1 Å². The molecular formula is C9H16N4O2. The van der Waals surface area contributed by atoms with Gasteiger partial charge in [-0.1, -0.05) is 13.3 Å². The number of ether oxygens (including phenoxy) is 1. The summed E-state index contributed by atoms with van der Waals surface area (Å²) >= 11 is 0. The summed E-state index contributed by atoms with van der Waals surface area (Å²) < 4.78 is 4.60. The Morgan fingerprint density at radius 2 is 2.40 bits per heavy atom. The van der Waals surface area contributed by atoms with Crippen molar-refractivity contribution in [2.45, 2.75) is 19.8 Å². The number of carbonyl (C=O) groups excluding carboxylic acids is 1. The topological polar surface area (TPSA) is 93.0 Å². The minimum absolute atomic E-state index is 0.223. The minimum Gasteiger partial charge on any atom is -0.465 e. The summed E-state index contributed by atoms with van der Waals surface area (Å²) in [4.78, 5) is 11.3. The summed E-state index contributed by atoms with van der Waals surface area (Å²) in [5, 5.41) is 9.47. The Kier molecular flexibility index (Phi) is 3.96. The molecule has 1 aromatic heterocycles. The second-order valence-corrected chi connectivity index (χ2v) is 3.13. The molecule has 0 radical (unpaired) electrons. The maximum Gasteiger partial charge on any atom is 0.345 e. The third-order valence-corrected chi connectivity index (χ3v) is 2.01. The molecule has 0 saturated heterocycles. The zero-order valence-electron chi connectivity index (χ0n) is 8.96. The zero-order chi connectivity index (χ0) is 11.3. The Morgan fingerprint density at radius 1 is 1.67 bits per heavy atom. The first-order valence-corrected chi connectivity index (χ1v) is 4.86. The molecule has 1 rings (SSSR count). The number of rotatable bonds is 5. The van der Waals surface area contributed by atoms with Gasteiger partial charge in [-0.15, -0.1) is 0 Å². The fourth-order valence-corrected chi connectivity index (χ4v) is 1.18. The van der Waals surface area contributed by atoms with Crippen LogP contribution in [0.3, 0.4) is 0 Å². The Bertz CT molecular complexity index is 335. The summed E-state index contributed by atoms with van der Waals surface area (Å²) in [6, 6.07) is 0. The van der Waals surface area contributed by atoms with Gasteiger partial charge in [0.2, 0.25) is 0 Å². The number of nitrogens with one attached hydrogen (secondary N) is 2. The predicted octanol–water partition coefficient (Wildman–Crippen LogP) is 0.990. The molecule has 1 heterocycles. The van der Waals surface area contributed by atoms with Gasteiger partial charge in [-0.3, -0.25) is 5.10 Å². The lowest BCUT2D eigenvalue weighted by Crippen LogP contribution is -2.09. The highest BCUT2D eigenvalue weighted by molar-refractivity contribution is 5.99. The van der Waals surface area contributed by atoms with Gasteiger partial charge in [0.15, 0.2) is 5.82 Å². The maximum absolute atomic E-state index is 11.3. The Morgan fingerprint density at radius 3 is 3.00 bits per heavy atom. The quantitative estimate of drug-likeness (QED) is 0.500. The maximum atomic E-state index is 11.3. The lowest BCUT2D eigenvalue weighted by molar-refractivity contribution is 0.0603. The van der Waals surface area contributed by atoms with E-state index in [1.165, 1.54) is 7.11 Å². The molecule has 0 saturated carbocycles. The van der Waals surface area contributed by atoms with Gasteiger partial charge < -0.3 is 15.8 Å². The van der Waals surface area contributed by atoms with Crippen molar-refractivity contribution in [3.05, 3.63) is 5.56 Å². The van der Waals surface area contributed by atoms with Crippen LogP contribution in [-0.2, 0) is 4.74 Å². The SMILES string of the molecule is CCCCNc1n[nH]c(N)c1C(=O)OC. The number of hydrogen-bond acceptors (Lipinski definition) is 5. The third kappa shape index (κ3) is 2.61. The van der Waals surface area contributed by atoms with Crippen LogP contribution in [0.2, 0.25) is 0 Å². The number of methoxy groups -OCH3 is 1. The average molecular weight is 212 g/mol. The van der Waals surface area contributed by atoms with E-state index in [2.05, 4.69) is 27.2 Å². The van der Waals surface area contributed by atoms with Crippen molar-refractivity contribution < 1.29 is 9.53 Å². The summed E-state index contributed by atoms with van der Waals surface area (Å²) in [5.74, 6) is 0.189. The fourth-order valence-electron chi connectivity index (χ4n) is 1.18. The fraction of sp³-hybridized carbons (Fsp3) is 0.556. The largest absolute Gasteiger partial charge is 0.465 e. The van der Waals surface area contributed by atoms with Crippen LogP contribution < -0.4 is 11.1 Å². The smallest absolute Gasteiger partial charge is 0.345 e. The molecule has 0 aromatic carbocycles. The first kappa shape index (κ1) is 11.4. The van der Waals surface area contributed by atoms with E-state index in [1.807, 2.05) is 0 Å². The molecule has 0 unspecified atom stereocenters. The lowest BCUT2D eigenvalue weighted by atomic mass is 10.3. The van der Waals surface area contributed by atoms with E-state index in [1.54, 1.807) is 0 Å². The van der Waals surface area contributed by atoms with Gasteiger partial charge in [0.1, 0.15) is 11.4 Å². The number of hydrogen-bond donors (Lipinski definition) is 3. The van der Waals surface area contributed by atoms with E-state index in [0.29, 0.717) is 5.82 Å². The lowest BCUT2D eigenvalue weighted by Gasteiger charge is -2.03. The van der Waals surface area contributed by atoms with Gasteiger partial charge >= 0.3 is 5.97 Å². The van der Waals surface area contributed by atoms with Crippen LogP contribution in [0.15, 0.2) is 0 Å². The second-order valence-electron chi connectivity index (χ2n) is 3.13. The van der Waals surface area contributed by atoms with Gasteiger partial charge in [0, 0.05) is 6.54 Å². The van der Waals surface area contributed by atoms with E-state index < -0.39 is 5.97 Å². The van der Waals surface area contributed by atoms with Crippen LogP contribution in [0.4, 0.5) is 11.6 Å². The molecule has 0 atom stereocenters. The van der Waals surface area contributed by atoms with Crippen molar-refractivity contribution in [3.63, 3.8) is 0 Å².